The first-order valence-electron chi connectivity index (χ1n) is 9.78. The van der Waals surface area contributed by atoms with Gasteiger partial charge in [0.1, 0.15) is 5.69 Å². The highest BCUT2D eigenvalue weighted by Gasteiger charge is 2.39. The largest absolute Gasteiger partial charge is 0.373 e. The summed E-state index contributed by atoms with van der Waals surface area (Å²) >= 11 is 0. The summed E-state index contributed by atoms with van der Waals surface area (Å²) in [5, 5.41) is 7.79. The number of hydrogen-bond donors (Lipinski definition) is 0. The lowest BCUT2D eigenvalue weighted by Crippen LogP contribution is -2.38. The van der Waals surface area contributed by atoms with Gasteiger partial charge in [-0.3, -0.25) is 14.3 Å². The molecule has 1 atom stereocenters. The molecule has 0 spiro atoms. The quantitative estimate of drug-likeness (QED) is 0.593. The minimum Gasteiger partial charge on any atom is -0.373 e. The summed E-state index contributed by atoms with van der Waals surface area (Å²) in [5.74, 6) is -1.30. The van der Waals surface area contributed by atoms with Crippen LogP contribution in [0.5, 0.6) is 0 Å². The Bertz CT molecular complexity index is 1100. The molecule has 3 heterocycles. The van der Waals surface area contributed by atoms with Gasteiger partial charge in [0.25, 0.3) is 11.7 Å². The van der Waals surface area contributed by atoms with Crippen LogP contribution in [-0.4, -0.2) is 65.1 Å². The molecule has 30 heavy (non-hydrogen) atoms. The Balaban J connectivity index is 1.51. The maximum absolute atomic E-state index is 13.3. The second kappa shape index (κ2) is 7.89. The molecule has 0 N–H and O–H groups in total. The SMILES string of the molecule is CCN1C(=O)C(=O)c2cc(S(=O)(=O)N3CCC[C@H]3COCc3cn([11CH3])nn3)ccc21. The molecule has 0 unspecified atom stereocenters. The molecule has 1 aromatic heterocycles. The molecule has 0 aliphatic carbocycles. The maximum atomic E-state index is 13.3. The summed E-state index contributed by atoms with van der Waals surface area (Å²) < 4.78 is 35.2. The van der Waals surface area contributed by atoms with Crippen LogP contribution in [0.25, 0.3) is 0 Å². The van der Waals surface area contributed by atoms with Gasteiger partial charge in [-0.05, 0) is 38.0 Å². The van der Waals surface area contributed by atoms with Crippen LogP contribution < -0.4 is 4.90 Å². The van der Waals surface area contributed by atoms with Crippen molar-refractivity contribution >= 4 is 27.4 Å². The first kappa shape index (κ1) is 20.6. The fourth-order valence-electron chi connectivity index (χ4n) is 3.94. The standard InChI is InChI=1S/C19H23N5O5S/c1-3-23-17-7-6-15(9-16(17)18(25)19(23)26)30(27,28)24-8-4-5-14(24)12-29-11-13-10-22(2)21-20-13/h6-7,9-10,14H,3-5,8,11-12H2,1-2H3/t14-/m0/s1/i2-1. The molecule has 10 nitrogen and oxygen atoms in total. The van der Waals surface area contributed by atoms with Crippen molar-refractivity contribution in [3.63, 3.8) is 0 Å². The van der Waals surface area contributed by atoms with Crippen LogP contribution in [0.4, 0.5) is 5.69 Å². The van der Waals surface area contributed by atoms with Crippen LogP contribution in [-0.2, 0) is 33.2 Å². The molecule has 160 valence electrons. The van der Waals surface area contributed by atoms with Gasteiger partial charge in [0.05, 0.1) is 35.6 Å². The van der Waals surface area contributed by atoms with Crippen LogP contribution in [0.15, 0.2) is 29.3 Å². The number of rotatable bonds is 7. The molecule has 1 amide bonds. The third-order valence-corrected chi connectivity index (χ3v) is 7.35. The van der Waals surface area contributed by atoms with Gasteiger partial charge in [-0.25, -0.2) is 8.42 Å². The molecular weight excluding hydrogens is 409 g/mol. The predicted octanol–water partition coefficient (Wildman–Crippen LogP) is 0.734. The number of fused-ring (bicyclic) bond motifs is 1. The lowest BCUT2D eigenvalue weighted by atomic mass is 10.1. The zero-order chi connectivity index (χ0) is 21.5. The highest BCUT2D eigenvalue weighted by Crippen LogP contribution is 2.33. The number of ketones is 1. The van der Waals surface area contributed by atoms with Crippen molar-refractivity contribution in [2.24, 2.45) is 7.05 Å². The lowest BCUT2D eigenvalue weighted by molar-refractivity contribution is -0.114. The van der Waals surface area contributed by atoms with Crippen LogP contribution in [0.1, 0.15) is 35.8 Å². The van der Waals surface area contributed by atoms with E-state index < -0.39 is 21.7 Å². The number of carbonyl (C=O) groups excluding carboxylic acids is 2. The first-order valence-corrected chi connectivity index (χ1v) is 11.2. The van der Waals surface area contributed by atoms with Gasteiger partial charge >= 0.3 is 0 Å². The molecule has 0 bridgehead atoms. The van der Waals surface area contributed by atoms with E-state index in [0.29, 0.717) is 30.9 Å². The molecular formula is C19H23N5O5S. The smallest absolute Gasteiger partial charge is 0.299 e. The Morgan fingerprint density at radius 1 is 1.27 bits per heavy atom. The van der Waals surface area contributed by atoms with Crippen molar-refractivity contribution in [2.75, 3.05) is 24.6 Å². The molecule has 0 radical (unpaired) electrons. The van der Waals surface area contributed by atoms with E-state index in [4.69, 9.17) is 4.74 Å². The fourth-order valence-corrected chi connectivity index (χ4v) is 5.65. The second-order valence-electron chi connectivity index (χ2n) is 7.37. The molecule has 2 aromatic rings. The van der Waals surface area contributed by atoms with Gasteiger partial charge in [0.15, 0.2) is 0 Å². The first-order chi connectivity index (χ1) is 14.3. The van der Waals surface area contributed by atoms with E-state index in [1.54, 1.807) is 24.9 Å². The average molecular weight is 432 g/mol. The zero-order valence-electron chi connectivity index (χ0n) is 16.8. The topological polar surface area (TPSA) is 115 Å². The average Bonchev–Trinajstić information content (AvgIpc) is 3.42. The van der Waals surface area contributed by atoms with Crippen LogP contribution in [0.3, 0.4) is 0 Å². The van der Waals surface area contributed by atoms with Crippen molar-refractivity contribution in [3.8, 4) is 0 Å². The summed E-state index contributed by atoms with van der Waals surface area (Å²) in [6.45, 7) is 2.98. The van der Waals surface area contributed by atoms with Crippen molar-refractivity contribution in [3.05, 3.63) is 35.7 Å². The van der Waals surface area contributed by atoms with Crippen molar-refractivity contribution in [2.45, 2.75) is 37.3 Å². The highest BCUT2D eigenvalue weighted by molar-refractivity contribution is 7.89. The number of ether oxygens (including phenoxy) is 1. The normalized spacial score (nSPS) is 19.7. The van der Waals surface area contributed by atoms with Crippen molar-refractivity contribution in [1.82, 2.24) is 19.3 Å². The summed E-state index contributed by atoms with van der Waals surface area (Å²) in [6, 6.07) is 4.00. The van der Waals surface area contributed by atoms with E-state index in [1.807, 2.05) is 0 Å². The predicted molar refractivity (Wildman–Crippen MR) is 106 cm³/mol. The number of nitrogens with zero attached hydrogens (tertiary/aromatic N) is 5. The number of carbonyl (C=O) groups is 2. The Hall–Kier alpha value is -2.63. The number of likely N-dealkylation sites (N-methyl/N-ethyl adjacent to an activating group) is 1. The molecule has 1 saturated heterocycles. The maximum Gasteiger partial charge on any atom is 0.299 e. The number of hydrogen-bond acceptors (Lipinski definition) is 7. The summed E-state index contributed by atoms with van der Waals surface area (Å²) in [6.07, 6.45) is 3.15. The number of sulfonamides is 1. The Morgan fingerprint density at radius 3 is 2.77 bits per heavy atom. The molecule has 2 aliphatic heterocycles. The van der Waals surface area contributed by atoms with Crippen LogP contribution in [0, 0.1) is 0 Å². The minimum absolute atomic E-state index is 0.0150. The van der Waals surface area contributed by atoms with E-state index in [0.717, 1.165) is 6.42 Å². The minimum atomic E-state index is -3.83. The summed E-state index contributed by atoms with van der Waals surface area (Å²) in [7, 11) is -2.07. The van der Waals surface area contributed by atoms with E-state index >= 15 is 0 Å². The molecule has 1 aromatic carbocycles. The van der Waals surface area contributed by atoms with Crippen LogP contribution >= 0.6 is 0 Å². The van der Waals surface area contributed by atoms with Gasteiger partial charge in [0, 0.05) is 26.2 Å². The third kappa shape index (κ3) is 3.53. The van der Waals surface area contributed by atoms with E-state index in [1.165, 1.54) is 27.4 Å². The van der Waals surface area contributed by atoms with Crippen LogP contribution in [0.2, 0.25) is 0 Å². The lowest BCUT2D eigenvalue weighted by Gasteiger charge is -2.24. The highest BCUT2D eigenvalue weighted by atomic mass is 32.2. The number of aryl methyl sites for hydroxylation is 1. The monoisotopic (exact) mass is 432 g/mol. The summed E-state index contributed by atoms with van der Waals surface area (Å²) in [5.41, 5.74) is 1.27. The number of Topliss-reactive ketones (excluding diaryl/α,β-unsaturated/α-hetero) is 1. The Labute approximate surface area is 174 Å². The fraction of sp³-hybridized carbons (Fsp3) is 0.474. The van der Waals surface area contributed by atoms with Gasteiger partial charge in [-0.1, -0.05) is 5.21 Å². The second-order valence-corrected chi connectivity index (χ2v) is 9.26. The summed E-state index contributed by atoms with van der Waals surface area (Å²) in [4.78, 5) is 25.7. The van der Waals surface area contributed by atoms with Gasteiger partial charge in [0.2, 0.25) is 10.0 Å². The number of amides is 1. The third-order valence-electron chi connectivity index (χ3n) is 5.40. The molecule has 0 saturated carbocycles. The van der Waals surface area contributed by atoms with E-state index in [9.17, 15) is 18.0 Å². The molecule has 2 aliphatic rings. The van der Waals surface area contributed by atoms with Gasteiger partial charge in [-0.2, -0.15) is 4.31 Å². The van der Waals surface area contributed by atoms with Gasteiger partial charge < -0.3 is 9.64 Å². The molecule has 11 heteroatoms. The van der Waals surface area contributed by atoms with E-state index in [2.05, 4.69) is 10.3 Å². The Morgan fingerprint density at radius 2 is 2.07 bits per heavy atom. The van der Waals surface area contributed by atoms with E-state index in [-0.39, 0.29) is 29.7 Å². The molecule has 4 rings (SSSR count). The zero-order valence-corrected chi connectivity index (χ0v) is 17.6. The number of aromatic nitrogens is 3. The number of benzene rings is 1. The number of anilines is 1. The van der Waals surface area contributed by atoms with Crippen molar-refractivity contribution < 1.29 is 22.7 Å². The van der Waals surface area contributed by atoms with Crippen molar-refractivity contribution in [1.29, 1.82) is 0 Å². The molecule has 1 fully saturated rings. The van der Waals surface area contributed by atoms with Gasteiger partial charge in [-0.15, -0.1) is 5.10 Å². The Kier molecular flexibility index (Phi) is 5.43.